The number of carbonyl (C=O) groups excluding carboxylic acids is 1. The number of aromatic nitrogens is 2. The maximum Gasteiger partial charge on any atom is 0.451 e. The molecule has 0 bridgehead atoms. The van der Waals surface area contributed by atoms with Gasteiger partial charge in [0.05, 0.1) is 0 Å². The van der Waals surface area contributed by atoms with Gasteiger partial charge >= 0.3 is 22.6 Å². The Kier molecular flexibility index (Phi) is 6.08. The zero-order valence-corrected chi connectivity index (χ0v) is 18.1. The van der Waals surface area contributed by atoms with Crippen molar-refractivity contribution in [3.05, 3.63) is 47.4 Å². The third-order valence-corrected chi connectivity index (χ3v) is 6.72. The fraction of sp³-hybridized carbons (Fsp3) is 0.389. The summed E-state index contributed by atoms with van der Waals surface area (Å²) in [5, 5.41) is 0. The Bertz CT molecular complexity index is 1150. The molecule has 0 spiro atoms. The highest BCUT2D eigenvalue weighted by Gasteiger charge is 2.49. The highest BCUT2D eigenvalue weighted by molar-refractivity contribution is 7.90. The minimum atomic E-state index is -5.40. The van der Waals surface area contributed by atoms with E-state index in [4.69, 9.17) is 0 Å². The first-order chi connectivity index (χ1) is 15.0. The molecule has 33 heavy (non-hydrogen) atoms. The van der Waals surface area contributed by atoms with E-state index in [0.29, 0.717) is 9.99 Å². The van der Waals surface area contributed by atoms with E-state index in [2.05, 4.69) is 9.97 Å². The van der Waals surface area contributed by atoms with Crippen LogP contribution in [0.4, 0.5) is 37.8 Å². The quantitative estimate of drug-likeness (QED) is 0.609. The highest BCUT2D eigenvalue weighted by atomic mass is 32.2. The van der Waals surface area contributed by atoms with Crippen molar-refractivity contribution in [2.24, 2.45) is 0 Å². The molecule has 1 aromatic carbocycles. The number of anilines is 2. The molecule has 15 heteroatoms. The number of benzene rings is 1. The van der Waals surface area contributed by atoms with Gasteiger partial charge in [0.1, 0.15) is 11.9 Å². The van der Waals surface area contributed by atoms with Crippen LogP contribution in [0.5, 0.6) is 0 Å². The van der Waals surface area contributed by atoms with Gasteiger partial charge in [0.25, 0.3) is 5.91 Å². The van der Waals surface area contributed by atoms with Crippen LogP contribution in [0.1, 0.15) is 17.1 Å². The number of hydrogen-bond donors (Lipinski definition) is 0. The maximum absolute atomic E-state index is 13.2. The Labute approximate surface area is 184 Å². The fourth-order valence-corrected chi connectivity index (χ4v) is 4.62. The number of aryl methyl sites for hydroxylation is 1. The van der Waals surface area contributed by atoms with Gasteiger partial charge in [-0.2, -0.15) is 39.1 Å². The van der Waals surface area contributed by atoms with Crippen LogP contribution in [0, 0.1) is 6.92 Å². The summed E-state index contributed by atoms with van der Waals surface area (Å²) < 4.78 is 106. The first kappa shape index (κ1) is 24.7. The molecular formula is C18H17F6N5O3S. The van der Waals surface area contributed by atoms with Crippen LogP contribution in [0.15, 0.2) is 30.3 Å². The standard InChI is InChI=1S/C18H17F6N5O3S/c1-10-5-4-6-11(7-10)28(3)15(30)12-9-27(2)33(31,32)29(12)14-8-13(17(19,20)21)25-16(26-14)18(22,23)24/h4-8,12H,9H2,1-3H3/t12-/m0/s1. The van der Waals surface area contributed by atoms with Crippen LogP contribution in [-0.2, 0) is 27.4 Å². The van der Waals surface area contributed by atoms with Crippen LogP contribution in [-0.4, -0.2) is 55.3 Å². The second-order valence-electron chi connectivity index (χ2n) is 7.27. The number of halogens is 6. The number of rotatable bonds is 3. The molecule has 2 heterocycles. The van der Waals surface area contributed by atoms with Gasteiger partial charge in [0, 0.05) is 32.4 Å². The predicted molar refractivity (Wildman–Crippen MR) is 104 cm³/mol. The van der Waals surface area contributed by atoms with Gasteiger partial charge in [-0.3, -0.25) is 4.79 Å². The summed E-state index contributed by atoms with van der Waals surface area (Å²) >= 11 is 0. The number of alkyl halides is 6. The number of hydrogen-bond acceptors (Lipinski definition) is 5. The normalized spacial score (nSPS) is 19.1. The number of amides is 1. The van der Waals surface area contributed by atoms with Crippen molar-refractivity contribution in [3.8, 4) is 0 Å². The smallest absolute Gasteiger partial charge is 0.314 e. The molecule has 8 nitrogen and oxygen atoms in total. The van der Waals surface area contributed by atoms with Crippen LogP contribution in [0.2, 0.25) is 0 Å². The second-order valence-corrected chi connectivity index (χ2v) is 9.18. The molecule has 1 aliphatic heterocycles. The van der Waals surface area contributed by atoms with Crippen LogP contribution in [0.25, 0.3) is 0 Å². The molecule has 1 atom stereocenters. The van der Waals surface area contributed by atoms with E-state index in [1.807, 2.05) is 0 Å². The van der Waals surface area contributed by atoms with Gasteiger partial charge in [-0.1, -0.05) is 12.1 Å². The van der Waals surface area contributed by atoms with Gasteiger partial charge < -0.3 is 4.90 Å². The summed E-state index contributed by atoms with van der Waals surface area (Å²) in [4.78, 5) is 19.7. The van der Waals surface area contributed by atoms with E-state index in [1.54, 1.807) is 25.1 Å². The van der Waals surface area contributed by atoms with Gasteiger partial charge in [-0.05, 0) is 24.6 Å². The van der Waals surface area contributed by atoms with Crippen LogP contribution < -0.4 is 9.21 Å². The van der Waals surface area contributed by atoms with Crippen molar-refractivity contribution < 1.29 is 39.6 Å². The lowest BCUT2D eigenvalue weighted by Crippen LogP contribution is -2.47. The molecule has 2 aromatic rings. The summed E-state index contributed by atoms with van der Waals surface area (Å²) in [5.41, 5.74) is -0.884. The lowest BCUT2D eigenvalue weighted by molar-refractivity contribution is -0.152. The average molecular weight is 497 g/mol. The number of carbonyl (C=O) groups is 1. The van der Waals surface area contributed by atoms with Gasteiger partial charge in [-0.25, -0.2) is 14.3 Å². The molecule has 180 valence electrons. The van der Waals surface area contributed by atoms with E-state index in [0.717, 1.165) is 17.5 Å². The molecule has 0 aliphatic carbocycles. The topological polar surface area (TPSA) is 86.7 Å². The SMILES string of the molecule is Cc1cccc(N(C)C(=O)[C@@H]2CN(C)S(=O)(=O)N2c2cc(C(F)(F)F)nc(C(F)(F)F)n2)c1. The lowest BCUT2D eigenvalue weighted by atomic mass is 10.2. The predicted octanol–water partition coefficient (Wildman–Crippen LogP) is 2.85. The zero-order valence-electron chi connectivity index (χ0n) is 17.3. The summed E-state index contributed by atoms with van der Waals surface area (Å²) in [6.45, 7) is 1.21. The zero-order chi connectivity index (χ0) is 24.9. The first-order valence-corrected chi connectivity index (χ1v) is 10.6. The fourth-order valence-electron chi connectivity index (χ4n) is 3.19. The van der Waals surface area contributed by atoms with E-state index in [9.17, 15) is 39.6 Å². The van der Waals surface area contributed by atoms with Crippen molar-refractivity contribution in [1.29, 1.82) is 0 Å². The molecule has 0 unspecified atom stereocenters. The monoisotopic (exact) mass is 497 g/mol. The Balaban J connectivity index is 2.15. The summed E-state index contributed by atoms with van der Waals surface area (Å²) in [6.07, 6.45) is -10.7. The molecule has 3 rings (SSSR count). The Morgan fingerprint density at radius 1 is 1.09 bits per heavy atom. The summed E-state index contributed by atoms with van der Waals surface area (Å²) in [6, 6.07) is 4.89. The average Bonchev–Trinajstić information content (AvgIpc) is 2.94. The van der Waals surface area contributed by atoms with Crippen molar-refractivity contribution in [2.75, 3.05) is 29.8 Å². The Hall–Kier alpha value is -2.94. The second kappa shape index (κ2) is 8.13. The van der Waals surface area contributed by atoms with Crippen molar-refractivity contribution in [3.63, 3.8) is 0 Å². The van der Waals surface area contributed by atoms with E-state index in [-0.39, 0.29) is 10.4 Å². The van der Waals surface area contributed by atoms with Gasteiger partial charge in [0.2, 0.25) is 5.82 Å². The highest BCUT2D eigenvalue weighted by Crippen LogP contribution is 2.37. The first-order valence-electron chi connectivity index (χ1n) is 9.17. The van der Waals surface area contributed by atoms with Crippen molar-refractivity contribution in [1.82, 2.24) is 14.3 Å². The molecular weight excluding hydrogens is 480 g/mol. The third kappa shape index (κ3) is 4.73. The molecule has 1 amide bonds. The minimum absolute atomic E-state index is 0.0683. The molecule has 0 saturated carbocycles. The Morgan fingerprint density at radius 2 is 1.73 bits per heavy atom. The molecule has 1 fully saturated rings. The number of nitrogens with zero attached hydrogens (tertiary/aromatic N) is 5. The Morgan fingerprint density at radius 3 is 2.27 bits per heavy atom. The van der Waals surface area contributed by atoms with E-state index >= 15 is 0 Å². The maximum atomic E-state index is 13.2. The number of likely N-dealkylation sites (N-methyl/N-ethyl adjacent to an activating group) is 2. The third-order valence-electron chi connectivity index (χ3n) is 4.84. The molecule has 0 N–H and O–H groups in total. The lowest BCUT2D eigenvalue weighted by Gasteiger charge is -2.27. The van der Waals surface area contributed by atoms with Crippen LogP contribution in [0.3, 0.4) is 0 Å². The summed E-state index contributed by atoms with van der Waals surface area (Å²) in [5.74, 6) is -4.28. The van der Waals surface area contributed by atoms with E-state index in [1.165, 1.54) is 13.1 Å². The molecule has 0 radical (unpaired) electrons. The molecule has 1 saturated heterocycles. The van der Waals surface area contributed by atoms with E-state index < -0.39 is 58.4 Å². The summed E-state index contributed by atoms with van der Waals surface area (Å²) in [7, 11) is -2.32. The molecule has 1 aliphatic rings. The van der Waals surface area contributed by atoms with Crippen molar-refractivity contribution >= 4 is 27.6 Å². The van der Waals surface area contributed by atoms with Gasteiger partial charge in [-0.15, -0.1) is 0 Å². The molecule has 1 aromatic heterocycles. The minimum Gasteiger partial charge on any atom is -0.314 e. The van der Waals surface area contributed by atoms with Crippen molar-refractivity contribution in [2.45, 2.75) is 25.3 Å². The van der Waals surface area contributed by atoms with Gasteiger partial charge in [0.15, 0.2) is 5.69 Å². The van der Waals surface area contributed by atoms with Crippen LogP contribution >= 0.6 is 0 Å². The largest absolute Gasteiger partial charge is 0.451 e.